The van der Waals surface area contributed by atoms with Crippen molar-refractivity contribution in [2.75, 3.05) is 26.3 Å². The number of nitrogens with one attached hydrogen (secondary N) is 2. The highest BCUT2D eigenvalue weighted by atomic mass is 16.5. The molecular weight excluding hydrogens is 424 g/mol. The molecule has 2 aliphatic rings. The lowest BCUT2D eigenvalue weighted by Crippen LogP contribution is -2.34. The Balaban J connectivity index is 1.22. The molecule has 2 aromatic rings. The summed E-state index contributed by atoms with van der Waals surface area (Å²) in [6, 6.07) is 16.3. The van der Waals surface area contributed by atoms with Crippen LogP contribution < -0.4 is 10.6 Å². The van der Waals surface area contributed by atoms with Gasteiger partial charge in [0.1, 0.15) is 6.61 Å². The average Bonchev–Trinajstić information content (AvgIpc) is 3.42. The maximum Gasteiger partial charge on any atom is 0.407 e. The molecule has 8 nitrogen and oxygen atoms in total. The fourth-order valence-electron chi connectivity index (χ4n) is 4.27. The normalized spacial score (nSPS) is 18.4. The van der Waals surface area contributed by atoms with Crippen molar-refractivity contribution in [3.8, 4) is 23.0 Å². The Labute approximate surface area is 191 Å². The smallest absolute Gasteiger partial charge is 0.407 e. The van der Waals surface area contributed by atoms with Crippen molar-refractivity contribution >= 4 is 18.0 Å². The lowest BCUT2D eigenvalue weighted by atomic mass is 9.98. The highest BCUT2D eigenvalue weighted by Gasteiger charge is 2.32. The first kappa shape index (κ1) is 22.4. The Morgan fingerprint density at radius 2 is 1.70 bits per heavy atom. The van der Waals surface area contributed by atoms with Gasteiger partial charge in [0.25, 0.3) is 0 Å². The predicted octanol–water partition coefficient (Wildman–Crippen LogP) is 2.13. The minimum atomic E-state index is -1.24. The molecule has 1 heterocycles. The molecule has 0 unspecified atom stereocenters. The number of alkyl carbamates (subject to hydrolysis) is 1. The Morgan fingerprint density at radius 3 is 2.36 bits per heavy atom. The molecule has 0 spiro atoms. The van der Waals surface area contributed by atoms with Gasteiger partial charge >= 0.3 is 12.1 Å². The van der Waals surface area contributed by atoms with E-state index in [4.69, 9.17) is 14.6 Å². The SMILES string of the molecule is O=C(O)C#CCNC(=O)[C@@H]1CO[C@H](CNC(=O)OCC2c3ccccc3-c3ccccc32)C1. The number of hydrogen-bond donors (Lipinski definition) is 3. The topological polar surface area (TPSA) is 114 Å². The first-order valence-corrected chi connectivity index (χ1v) is 10.7. The summed E-state index contributed by atoms with van der Waals surface area (Å²) < 4.78 is 11.1. The van der Waals surface area contributed by atoms with Gasteiger partial charge in [-0.3, -0.25) is 4.79 Å². The minimum Gasteiger partial charge on any atom is -0.472 e. The van der Waals surface area contributed by atoms with Gasteiger partial charge in [-0.25, -0.2) is 9.59 Å². The number of carbonyl (C=O) groups is 3. The summed E-state index contributed by atoms with van der Waals surface area (Å²) in [4.78, 5) is 34.7. The Kier molecular flexibility index (Phi) is 6.91. The molecule has 1 aliphatic carbocycles. The fourth-order valence-corrected chi connectivity index (χ4v) is 4.27. The summed E-state index contributed by atoms with van der Waals surface area (Å²) in [5, 5.41) is 13.7. The number of ether oxygens (including phenoxy) is 2. The monoisotopic (exact) mass is 448 g/mol. The van der Waals surface area contributed by atoms with Crippen LogP contribution in [0.3, 0.4) is 0 Å². The summed E-state index contributed by atoms with van der Waals surface area (Å²) in [5.74, 6) is 2.40. The maximum absolute atomic E-state index is 12.3. The van der Waals surface area contributed by atoms with Crippen LogP contribution in [0.25, 0.3) is 11.1 Å². The van der Waals surface area contributed by atoms with Gasteiger partial charge in [-0.15, -0.1) is 0 Å². The summed E-state index contributed by atoms with van der Waals surface area (Å²) >= 11 is 0. The summed E-state index contributed by atoms with van der Waals surface area (Å²) in [6.07, 6.45) is -0.384. The molecule has 170 valence electrons. The standard InChI is InChI=1S/C25H24N2O6/c28-23(29)10-5-11-26-24(30)16-12-17(32-14-16)13-27-25(31)33-15-22-20-8-3-1-6-18(20)19-7-2-4-9-21(19)22/h1-4,6-9,16-17,22H,11-15H2,(H,26,30)(H,27,31)(H,28,29)/t16-,17-/m0/s1. The molecule has 1 saturated heterocycles. The van der Waals surface area contributed by atoms with E-state index in [-0.39, 0.29) is 50.2 Å². The van der Waals surface area contributed by atoms with Crippen LogP contribution in [0, 0.1) is 17.8 Å². The van der Waals surface area contributed by atoms with E-state index in [1.165, 1.54) is 11.1 Å². The second-order valence-electron chi connectivity index (χ2n) is 7.92. The van der Waals surface area contributed by atoms with Crippen molar-refractivity contribution in [2.24, 2.45) is 5.92 Å². The van der Waals surface area contributed by atoms with Crippen LogP contribution in [0.1, 0.15) is 23.5 Å². The van der Waals surface area contributed by atoms with Gasteiger partial charge in [0.15, 0.2) is 0 Å². The number of carboxylic acids is 1. The van der Waals surface area contributed by atoms with Gasteiger partial charge in [0, 0.05) is 18.4 Å². The largest absolute Gasteiger partial charge is 0.472 e. The number of rotatable bonds is 6. The van der Waals surface area contributed by atoms with Crippen molar-refractivity contribution in [3.63, 3.8) is 0 Å². The van der Waals surface area contributed by atoms with E-state index >= 15 is 0 Å². The third kappa shape index (κ3) is 5.33. The van der Waals surface area contributed by atoms with Crippen molar-refractivity contribution in [1.82, 2.24) is 10.6 Å². The quantitative estimate of drug-likeness (QED) is 0.584. The third-order valence-corrected chi connectivity index (χ3v) is 5.82. The highest BCUT2D eigenvalue weighted by molar-refractivity contribution is 5.86. The number of amides is 2. The van der Waals surface area contributed by atoms with Crippen LogP contribution in [-0.2, 0) is 19.1 Å². The van der Waals surface area contributed by atoms with E-state index in [0.29, 0.717) is 6.42 Å². The lowest BCUT2D eigenvalue weighted by molar-refractivity contribution is -0.130. The Morgan fingerprint density at radius 1 is 1.03 bits per heavy atom. The van der Waals surface area contributed by atoms with Crippen LogP contribution in [0.15, 0.2) is 48.5 Å². The van der Waals surface area contributed by atoms with E-state index in [0.717, 1.165) is 11.1 Å². The molecule has 0 saturated carbocycles. The second-order valence-corrected chi connectivity index (χ2v) is 7.92. The first-order valence-electron chi connectivity index (χ1n) is 10.7. The van der Waals surface area contributed by atoms with Crippen LogP contribution >= 0.6 is 0 Å². The van der Waals surface area contributed by atoms with E-state index in [9.17, 15) is 14.4 Å². The zero-order valence-corrected chi connectivity index (χ0v) is 17.9. The Hall–Kier alpha value is -3.83. The number of carboxylic acid groups (broad SMARTS) is 1. The van der Waals surface area contributed by atoms with Crippen molar-refractivity contribution in [2.45, 2.75) is 18.4 Å². The lowest BCUT2D eigenvalue weighted by Gasteiger charge is -2.15. The summed E-state index contributed by atoms with van der Waals surface area (Å²) in [6.45, 7) is 0.659. The molecule has 1 fully saturated rings. The zero-order valence-electron chi connectivity index (χ0n) is 17.9. The number of fused-ring (bicyclic) bond motifs is 3. The molecular formula is C25H24N2O6. The number of benzene rings is 2. The number of hydrogen-bond acceptors (Lipinski definition) is 5. The van der Waals surface area contributed by atoms with Gasteiger partial charge in [0.05, 0.1) is 25.2 Å². The number of carbonyl (C=O) groups excluding carboxylic acids is 2. The molecule has 8 heteroatoms. The van der Waals surface area contributed by atoms with E-state index < -0.39 is 12.1 Å². The van der Waals surface area contributed by atoms with Crippen molar-refractivity contribution in [3.05, 3.63) is 59.7 Å². The van der Waals surface area contributed by atoms with Gasteiger partial charge in [0.2, 0.25) is 5.91 Å². The average molecular weight is 448 g/mol. The van der Waals surface area contributed by atoms with Crippen LogP contribution in [0.4, 0.5) is 4.79 Å². The predicted molar refractivity (Wildman–Crippen MR) is 119 cm³/mol. The van der Waals surface area contributed by atoms with Crippen molar-refractivity contribution in [1.29, 1.82) is 0 Å². The van der Waals surface area contributed by atoms with Gasteiger partial charge < -0.3 is 25.2 Å². The molecule has 2 amide bonds. The highest BCUT2D eigenvalue weighted by Crippen LogP contribution is 2.44. The Bertz CT molecular complexity index is 1070. The minimum absolute atomic E-state index is 0.0109. The fraction of sp³-hybridized carbons (Fsp3) is 0.320. The molecule has 0 bridgehead atoms. The van der Waals surface area contributed by atoms with E-state index in [1.54, 1.807) is 0 Å². The van der Waals surface area contributed by atoms with Crippen LogP contribution in [0.5, 0.6) is 0 Å². The molecule has 4 rings (SSSR count). The van der Waals surface area contributed by atoms with E-state index in [2.05, 4.69) is 40.8 Å². The zero-order chi connectivity index (χ0) is 23.2. The number of aliphatic carboxylic acids is 1. The van der Waals surface area contributed by atoms with Gasteiger partial charge in [-0.2, -0.15) is 0 Å². The molecule has 2 aromatic carbocycles. The molecule has 1 aliphatic heterocycles. The van der Waals surface area contributed by atoms with Gasteiger partial charge in [-0.05, 0) is 28.7 Å². The van der Waals surface area contributed by atoms with Crippen LogP contribution in [-0.4, -0.2) is 55.5 Å². The van der Waals surface area contributed by atoms with E-state index in [1.807, 2.05) is 30.2 Å². The first-order chi connectivity index (χ1) is 16.0. The summed E-state index contributed by atoms with van der Waals surface area (Å²) in [5.41, 5.74) is 4.62. The molecule has 33 heavy (non-hydrogen) atoms. The molecule has 0 aromatic heterocycles. The molecule has 3 N–H and O–H groups in total. The van der Waals surface area contributed by atoms with Crippen LogP contribution in [0.2, 0.25) is 0 Å². The second kappa shape index (κ2) is 10.2. The summed E-state index contributed by atoms with van der Waals surface area (Å²) in [7, 11) is 0. The molecule has 2 atom stereocenters. The maximum atomic E-state index is 12.3. The van der Waals surface area contributed by atoms with Gasteiger partial charge in [-0.1, -0.05) is 54.5 Å². The molecule has 0 radical (unpaired) electrons. The van der Waals surface area contributed by atoms with Crippen molar-refractivity contribution < 1.29 is 29.0 Å². The third-order valence-electron chi connectivity index (χ3n) is 5.82.